The molecule has 0 fully saturated rings. The molecule has 0 bridgehead atoms. The molecule has 0 aliphatic rings. The van der Waals surface area contributed by atoms with Gasteiger partial charge in [-0.1, -0.05) is 24.3 Å². The lowest BCUT2D eigenvalue weighted by Gasteiger charge is -1.97. The van der Waals surface area contributed by atoms with Gasteiger partial charge in [0, 0.05) is 22.9 Å². The average molecular weight is 296 g/mol. The van der Waals surface area contributed by atoms with Gasteiger partial charge < -0.3 is 5.11 Å². The van der Waals surface area contributed by atoms with Crippen LogP contribution in [0, 0.1) is 10.1 Å². The number of phenolic OH excluding ortho intramolecular Hbond substituents is 1. The number of nitro groups is 1. The van der Waals surface area contributed by atoms with Crippen LogP contribution < -0.4 is 16.2 Å². The molecule has 108 valence electrons. The number of fused-ring (bicyclic) bond motifs is 1. The minimum atomic E-state index is -0.657. The van der Waals surface area contributed by atoms with E-state index in [1.807, 2.05) is 0 Å². The quantitative estimate of drug-likeness (QED) is 0.566. The average Bonchev–Trinajstić information content (AvgIpc) is 2.74. The molecule has 7 nitrogen and oxygen atoms in total. The first-order valence-electron chi connectivity index (χ1n) is 6.23. The van der Waals surface area contributed by atoms with Gasteiger partial charge in [0.25, 0.3) is 5.69 Å². The Hall–Kier alpha value is -3.35. The summed E-state index contributed by atoms with van der Waals surface area (Å²) >= 11 is 0. The summed E-state index contributed by atoms with van der Waals surface area (Å²) in [7, 11) is 0. The summed E-state index contributed by atoms with van der Waals surface area (Å²) in [5, 5.41) is 20.6. The van der Waals surface area contributed by atoms with Gasteiger partial charge in [-0.15, -0.1) is 0 Å². The minimum absolute atomic E-state index is 0.196. The number of nitrogens with zero attached hydrogens (tertiary/aromatic N) is 2. The van der Waals surface area contributed by atoms with Crippen molar-refractivity contribution >= 4 is 22.1 Å². The van der Waals surface area contributed by atoms with E-state index in [2.05, 4.69) is 4.99 Å². The molecule has 0 atom stereocenters. The molecule has 0 saturated carbocycles. The van der Waals surface area contributed by atoms with Gasteiger partial charge in [0.2, 0.25) is 10.9 Å². The molecular weight excluding hydrogens is 288 g/mol. The Balaban J connectivity index is 2.35. The van der Waals surface area contributed by atoms with Crippen molar-refractivity contribution < 1.29 is 10.0 Å². The summed E-state index contributed by atoms with van der Waals surface area (Å²) in [5.41, 5.74) is -1.62. The van der Waals surface area contributed by atoms with Crippen molar-refractivity contribution in [2.24, 2.45) is 4.99 Å². The molecule has 0 saturated heterocycles. The predicted octanol–water partition coefficient (Wildman–Crippen LogP) is 1.28. The van der Waals surface area contributed by atoms with E-state index in [-0.39, 0.29) is 33.3 Å². The van der Waals surface area contributed by atoms with Crippen molar-refractivity contribution in [1.82, 2.24) is 0 Å². The Morgan fingerprint density at radius 1 is 1.00 bits per heavy atom. The number of phenols is 1. The van der Waals surface area contributed by atoms with Gasteiger partial charge >= 0.3 is 0 Å². The summed E-state index contributed by atoms with van der Waals surface area (Å²) in [6.45, 7) is 0. The lowest BCUT2D eigenvalue weighted by Crippen LogP contribution is -2.31. The number of non-ortho nitro benzene ring substituents is 1. The van der Waals surface area contributed by atoms with Crippen LogP contribution in [0.1, 0.15) is 0 Å². The SMILES string of the molecule is O=c1c(=Nc2cc([N+](=O)[O-])ccc2O)c(=O)c2ccccc12. The molecule has 0 unspecified atom stereocenters. The van der Waals surface area contributed by atoms with Gasteiger partial charge in [-0.3, -0.25) is 19.7 Å². The van der Waals surface area contributed by atoms with E-state index < -0.39 is 15.8 Å². The Kier molecular flexibility index (Phi) is 3.03. The van der Waals surface area contributed by atoms with Gasteiger partial charge in [0.05, 0.1) is 4.92 Å². The van der Waals surface area contributed by atoms with E-state index in [0.717, 1.165) is 18.2 Å². The molecule has 22 heavy (non-hydrogen) atoms. The van der Waals surface area contributed by atoms with Crippen LogP contribution in [-0.2, 0) is 0 Å². The van der Waals surface area contributed by atoms with Crippen LogP contribution in [0.5, 0.6) is 5.75 Å². The third kappa shape index (κ3) is 2.05. The largest absolute Gasteiger partial charge is 0.506 e. The summed E-state index contributed by atoms with van der Waals surface area (Å²) in [6.07, 6.45) is 0. The van der Waals surface area contributed by atoms with Gasteiger partial charge in [-0.25, -0.2) is 4.99 Å². The Morgan fingerprint density at radius 2 is 1.59 bits per heavy atom. The number of aromatic hydroxyl groups is 1. The number of benzene rings is 2. The van der Waals surface area contributed by atoms with Crippen LogP contribution in [-0.4, -0.2) is 10.0 Å². The third-order valence-electron chi connectivity index (χ3n) is 3.25. The Bertz CT molecular complexity index is 1010. The lowest BCUT2D eigenvalue weighted by atomic mass is 10.2. The highest BCUT2D eigenvalue weighted by Crippen LogP contribution is 2.29. The van der Waals surface area contributed by atoms with Crippen molar-refractivity contribution in [1.29, 1.82) is 0 Å². The van der Waals surface area contributed by atoms with Crippen LogP contribution in [0.4, 0.5) is 11.4 Å². The summed E-state index contributed by atoms with van der Waals surface area (Å²) in [4.78, 5) is 38.3. The zero-order valence-corrected chi connectivity index (χ0v) is 11.0. The number of nitro benzene ring substituents is 1. The maximum Gasteiger partial charge on any atom is 0.271 e. The van der Waals surface area contributed by atoms with Crippen molar-refractivity contribution in [3.05, 3.63) is 78.4 Å². The van der Waals surface area contributed by atoms with E-state index in [9.17, 15) is 24.8 Å². The number of rotatable bonds is 2. The maximum atomic E-state index is 12.2. The third-order valence-corrected chi connectivity index (χ3v) is 3.25. The second-order valence-electron chi connectivity index (χ2n) is 4.59. The fourth-order valence-electron chi connectivity index (χ4n) is 2.17. The van der Waals surface area contributed by atoms with Gasteiger partial charge in [-0.05, 0) is 6.07 Å². The lowest BCUT2D eigenvalue weighted by molar-refractivity contribution is -0.384. The second kappa shape index (κ2) is 4.88. The molecule has 7 heteroatoms. The van der Waals surface area contributed by atoms with Crippen molar-refractivity contribution in [2.75, 3.05) is 0 Å². The van der Waals surface area contributed by atoms with Crippen LogP contribution in [0.3, 0.4) is 0 Å². The summed E-state index contributed by atoms with van der Waals surface area (Å²) in [5.74, 6) is -0.352. The molecule has 3 aromatic carbocycles. The van der Waals surface area contributed by atoms with E-state index in [1.165, 1.54) is 12.1 Å². The highest BCUT2D eigenvalue weighted by atomic mass is 16.6. The zero-order chi connectivity index (χ0) is 15.9. The maximum absolute atomic E-state index is 12.2. The molecule has 0 aliphatic heterocycles. The molecule has 0 amide bonds. The Labute approximate surface area is 122 Å². The van der Waals surface area contributed by atoms with E-state index in [1.54, 1.807) is 12.1 Å². The molecule has 0 heterocycles. The molecule has 0 aliphatic carbocycles. The first kappa shape index (κ1) is 13.6. The molecule has 1 N–H and O–H groups in total. The van der Waals surface area contributed by atoms with Crippen LogP contribution in [0.15, 0.2) is 57.0 Å². The highest BCUT2D eigenvalue weighted by molar-refractivity contribution is 5.83. The Morgan fingerprint density at radius 3 is 2.14 bits per heavy atom. The van der Waals surface area contributed by atoms with Gasteiger partial charge in [-0.2, -0.15) is 0 Å². The fraction of sp³-hybridized carbons (Fsp3) is 0. The number of hydrogen-bond acceptors (Lipinski definition) is 6. The topological polar surface area (TPSA) is 110 Å². The van der Waals surface area contributed by atoms with Crippen molar-refractivity contribution in [2.45, 2.75) is 0 Å². The fourth-order valence-corrected chi connectivity index (χ4v) is 2.17. The van der Waals surface area contributed by atoms with Crippen molar-refractivity contribution in [3.63, 3.8) is 0 Å². The summed E-state index contributed by atoms with van der Waals surface area (Å²) in [6, 6.07) is 9.46. The molecule has 0 aromatic heterocycles. The van der Waals surface area contributed by atoms with Crippen LogP contribution in [0.2, 0.25) is 0 Å². The second-order valence-corrected chi connectivity index (χ2v) is 4.59. The first-order valence-corrected chi connectivity index (χ1v) is 6.23. The monoisotopic (exact) mass is 296 g/mol. The highest BCUT2D eigenvalue weighted by Gasteiger charge is 2.13. The number of hydrogen-bond donors (Lipinski definition) is 1. The van der Waals surface area contributed by atoms with Crippen molar-refractivity contribution in [3.8, 4) is 5.75 Å². The minimum Gasteiger partial charge on any atom is -0.506 e. The zero-order valence-electron chi connectivity index (χ0n) is 11.0. The smallest absolute Gasteiger partial charge is 0.271 e. The first-order chi connectivity index (χ1) is 10.5. The molecular formula is C15H8N2O5. The predicted molar refractivity (Wildman–Crippen MR) is 78.8 cm³/mol. The van der Waals surface area contributed by atoms with Crippen LogP contribution in [0.25, 0.3) is 10.8 Å². The normalized spacial score (nSPS) is 10.7. The van der Waals surface area contributed by atoms with E-state index >= 15 is 0 Å². The molecule has 3 aromatic rings. The van der Waals surface area contributed by atoms with Crippen LogP contribution >= 0.6 is 0 Å². The van der Waals surface area contributed by atoms with Gasteiger partial charge in [0.1, 0.15) is 11.4 Å². The van der Waals surface area contributed by atoms with E-state index in [0.29, 0.717) is 0 Å². The van der Waals surface area contributed by atoms with Gasteiger partial charge in [0.15, 0.2) is 5.36 Å². The molecule has 3 rings (SSSR count). The van der Waals surface area contributed by atoms with E-state index in [4.69, 9.17) is 0 Å². The standard InChI is InChI=1S/C15H8N2O5/c18-12-6-5-8(17(21)22)7-11(12)16-13-14(19)9-3-1-2-4-10(9)15(13)20/h1-7,18H. The molecule has 0 radical (unpaired) electrons. The summed E-state index contributed by atoms with van der Waals surface area (Å²) < 4.78 is 0. The molecule has 0 spiro atoms.